The zero-order chi connectivity index (χ0) is 26.0. The smallest absolute Gasteiger partial charge is 0.274 e. The van der Waals surface area contributed by atoms with Crippen LogP contribution < -0.4 is 20.4 Å². The monoisotopic (exact) mass is 504 g/mol. The predicted octanol–water partition coefficient (Wildman–Crippen LogP) is 3.84. The number of hydrogen-bond donors (Lipinski definition) is 2. The number of hydrogen-bond acceptors (Lipinski definition) is 8. The van der Waals surface area contributed by atoms with Gasteiger partial charge in [0, 0.05) is 55.5 Å². The number of carbonyl (C=O) groups is 1. The van der Waals surface area contributed by atoms with Crippen molar-refractivity contribution in [3.8, 4) is 5.75 Å². The number of amides is 1. The molecule has 0 atom stereocenters. The van der Waals surface area contributed by atoms with Crippen molar-refractivity contribution in [1.29, 1.82) is 0 Å². The van der Waals surface area contributed by atoms with Gasteiger partial charge in [0.1, 0.15) is 5.75 Å². The molecule has 2 heterocycles. The predicted molar refractivity (Wildman–Crippen MR) is 146 cm³/mol. The van der Waals surface area contributed by atoms with Crippen LogP contribution in [0.3, 0.4) is 0 Å². The van der Waals surface area contributed by atoms with E-state index in [1.807, 2.05) is 31.5 Å². The van der Waals surface area contributed by atoms with Crippen molar-refractivity contribution in [3.63, 3.8) is 0 Å². The van der Waals surface area contributed by atoms with Gasteiger partial charge >= 0.3 is 0 Å². The minimum atomic E-state index is -0.298. The lowest BCUT2D eigenvalue weighted by atomic mass is 10.0. The third kappa shape index (κ3) is 7.41. The molecular weight excluding hydrogens is 468 g/mol. The summed E-state index contributed by atoms with van der Waals surface area (Å²) in [6.45, 7) is 9.88. The maximum absolute atomic E-state index is 12.3. The Bertz CT molecular complexity index is 1150. The van der Waals surface area contributed by atoms with E-state index in [1.165, 1.54) is 5.69 Å². The summed E-state index contributed by atoms with van der Waals surface area (Å²) < 4.78 is 5.37. The van der Waals surface area contributed by atoms with Gasteiger partial charge < -0.3 is 19.9 Å². The molecule has 0 radical (unpaired) electrons. The second-order valence-electron chi connectivity index (χ2n) is 8.94. The molecule has 1 fully saturated rings. The molecule has 1 aromatic heterocycles. The lowest BCUT2D eigenvalue weighted by Gasteiger charge is -2.35. The quantitative estimate of drug-likeness (QED) is 0.381. The van der Waals surface area contributed by atoms with Crippen molar-refractivity contribution in [3.05, 3.63) is 71.5 Å². The van der Waals surface area contributed by atoms with Crippen LogP contribution in [0.2, 0.25) is 0 Å². The third-order valence-corrected chi connectivity index (χ3v) is 6.49. The van der Waals surface area contributed by atoms with Gasteiger partial charge in [0.2, 0.25) is 5.95 Å². The highest BCUT2D eigenvalue weighted by Gasteiger charge is 2.15. The van der Waals surface area contributed by atoms with E-state index >= 15 is 0 Å². The topological polar surface area (TPSA) is 91.8 Å². The molecule has 0 saturated carbocycles. The Morgan fingerprint density at radius 1 is 0.946 bits per heavy atom. The summed E-state index contributed by atoms with van der Waals surface area (Å²) in [6, 6.07) is 13.9. The number of rotatable bonds is 11. The average Bonchev–Trinajstić information content (AvgIpc) is 2.95. The molecule has 0 spiro atoms. The van der Waals surface area contributed by atoms with Gasteiger partial charge in [-0.25, -0.2) is 15.4 Å². The molecule has 37 heavy (non-hydrogen) atoms. The number of hydroxylamine groups is 1. The number of nitrogens with zero attached hydrogens (tertiary/aromatic N) is 4. The van der Waals surface area contributed by atoms with E-state index in [1.54, 1.807) is 13.2 Å². The fourth-order valence-electron chi connectivity index (χ4n) is 4.29. The molecule has 1 amide bonds. The zero-order valence-corrected chi connectivity index (χ0v) is 21.9. The number of methoxy groups -OCH3 is 1. The lowest BCUT2D eigenvalue weighted by Crippen LogP contribution is -2.46. The van der Waals surface area contributed by atoms with Crippen LogP contribution in [-0.4, -0.2) is 67.2 Å². The Balaban J connectivity index is 1.31. The van der Waals surface area contributed by atoms with E-state index < -0.39 is 0 Å². The van der Waals surface area contributed by atoms with Gasteiger partial charge in [-0.1, -0.05) is 6.92 Å². The zero-order valence-electron chi connectivity index (χ0n) is 21.9. The second kappa shape index (κ2) is 13.0. The molecule has 2 N–H and O–H groups in total. The number of ether oxygens (including phenoxy) is 1. The molecule has 196 valence electrons. The van der Waals surface area contributed by atoms with Gasteiger partial charge in [-0.2, -0.15) is 0 Å². The first-order valence-electron chi connectivity index (χ1n) is 12.8. The molecule has 3 aromatic rings. The molecule has 0 unspecified atom stereocenters. The van der Waals surface area contributed by atoms with E-state index in [0.717, 1.165) is 62.4 Å². The standard InChI is InChI=1S/C28H36N6O3/c1-4-33-12-14-34(15-13-33)25-10-8-24(9-11-25)31-28-29-19-22(20-30-28)7-6-21-16-23(18-26(17-21)36-3)27(35)32-37-5-2/h8-11,16-20H,4-7,12-15H2,1-3H3,(H,32,35)(H,29,30,31). The number of aryl methyl sites for hydroxylation is 2. The molecular formula is C28H36N6O3. The Morgan fingerprint density at radius 2 is 1.65 bits per heavy atom. The number of aromatic nitrogens is 2. The summed E-state index contributed by atoms with van der Waals surface area (Å²) in [7, 11) is 1.59. The summed E-state index contributed by atoms with van der Waals surface area (Å²) in [5.41, 5.74) is 7.11. The minimum Gasteiger partial charge on any atom is -0.497 e. The van der Waals surface area contributed by atoms with Crippen LogP contribution in [0.25, 0.3) is 0 Å². The number of anilines is 3. The maximum Gasteiger partial charge on any atom is 0.274 e. The normalized spacial score (nSPS) is 13.9. The molecule has 9 heteroatoms. The van der Waals surface area contributed by atoms with E-state index in [0.29, 0.717) is 23.9 Å². The van der Waals surface area contributed by atoms with E-state index in [9.17, 15) is 4.79 Å². The Morgan fingerprint density at radius 3 is 2.30 bits per heavy atom. The molecule has 2 aromatic carbocycles. The molecule has 1 aliphatic rings. The number of carbonyl (C=O) groups excluding carboxylic acids is 1. The molecule has 0 bridgehead atoms. The van der Waals surface area contributed by atoms with Gasteiger partial charge in [0.05, 0.1) is 13.7 Å². The van der Waals surface area contributed by atoms with Gasteiger partial charge in [-0.05, 0) is 79.9 Å². The largest absolute Gasteiger partial charge is 0.497 e. The van der Waals surface area contributed by atoms with Crippen molar-refractivity contribution < 1.29 is 14.4 Å². The Labute approximate surface area is 218 Å². The summed E-state index contributed by atoms with van der Waals surface area (Å²) in [5, 5.41) is 3.28. The Hall–Kier alpha value is -3.69. The van der Waals surface area contributed by atoms with Gasteiger partial charge in [0.25, 0.3) is 5.91 Å². The highest BCUT2D eigenvalue weighted by atomic mass is 16.6. The molecule has 0 aliphatic carbocycles. The maximum atomic E-state index is 12.3. The van der Waals surface area contributed by atoms with Crippen molar-refractivity contribution in [2.75, 3.05) is 56.7 Å². The van der Waals surface area contributed by atoms with Crippen LogP contribution in [0.1, 0.15) is 35.3 Å². The highest BCUT2D eigenvalue weighted by Crippen LogP contribution is 2.22. The van der Waals surface area contributed by atoms with Crippen LogP contribution in [0.15, 0.2) is 54.9 Å². The Kier molecular flexibility index (Phi) is 9.29. The van der Waals surface area contributed by atoms with E-state index in [2.05, 4.69) is 61.8 Å². The van der Waals surface area contributed by atoms with Gasteiger partial charge in [0.15, 0.2) is 0 Å². The second-order valence-corrected chi connectivity index (χ2v) is 8.94. The fraction of sp³-hybridized carbons (Fsp3) is 0.393. The highest BCUT2D eigenvalue weighted by molar-refractivity contribution is 5.94. The molecule has 9 nitrogen and oxygen atoms in total. The van der Waals surface area contributed by atoms with Gasteiger partial charge in [-0.15, -0.1) is 0 Å². The first kappa shape index (κ1) is 26.4. The minimum absolute atomic E-state index is 0.298. The number of nitrogens with one attached hydrogen (secondary N) is 2. The molecule has 4 rings (SSSR count). The number of piperazine rings is 1. The van der Waals surface area contributed by atoms with Crippen LogP contribution in [0.4, 0.5) is 17.3 Å². The van der Waals surface area contributed by atoms with Crippen LogP contribution >= 0.6 is 0 Å². The van der Waals surface area contributed by atoms with Gasteiger partial charge in [-0.3, -0.25) is 9.63 Å². The third-order valence-electron chi connectivity index (χ3n) is 6.49. The van der Waals surface area contributed by atoms with Crippen LogP contribution in [0.5, 0.6) is 5.75 Å². The first-order chi connectivity index (χ1) is 18.1. The van der Waals surface area contributed by atoms with Crippen molar-refractivity contribution in [2.45, 2.75) is 26.7 Å². The summed E-state index contributed by atoms with van der Waals surface area (Å²) in [4.78, 5) is 31.2. The average molecular weight is 505 g/mol. The number of benzene rings is 2. The molecule has 1 saturated heterocycles. The lowest BCUT2D eigenvalue weighted by molar-refractivity contribution is 0.0364. The van der Waals surface area contributed by atoms with Crippen LogP contribution in [0, 0.1) is 0 Å². The summed E-state index contributed by atoms with van der Waals surface area (Å²) >= 11 is 0. The van der Waals surface area contributed by atoms with E-state index in [-0.39, 0.29) is 5.91 Å². The summed E-state index contributed by atoms with van der Waals surface area (Å²) in [5.74, 6) is 0.890. The van der Waals surface area contributed by atoms with Crippen LogP contribution in [-0.2, 0) is 17.7 Å². The fourth-order valence-corrected chi connectivity index (χ4v) is 4.29. The van der Waals surface area contributed by atoms with Crippen molar-refractivity contribution in [1.82, 2.24) is 20.3 Å². The van der Waals surface area contributed by atoms with E-state index in [4.69, 9.17) is 9.57 Å². The molecule has 1 aliphatic heterocycles. The number of likely N-dealkylation sites (N-methyl/N-ethyl adjacent to an activating group) is 1. The van der Waals surface area contributed by atoms with Crippen molar-refractivity contribution >= 4 is 23.2 Å². The summed E-state index contributed by atoms with van der Waals surface area (Å²) in [6.07, 6.45) is 5.12. The van der Waals surface area contributed by atoms with Crippen molar-refractivity contribution in [2.24, 2.45) is 0 Å². The SMILES string of the molecule is CCONC(=O)c1cc(CCc2cnc(Nc3ccc(N4CCN(CC)CC4)cc3)nc2)cc(OC)c1. The first-order valence-corrected chi connectivity index (χ1v) is 12.8.